The predicted octanol–water partition coefficient (Wildman–Crippen LogP) is 3.64. The first-order valence-electron chi connectivity index (χ1n) is 8.94. The van der Waals surface area contributed by atoms with Gasteiger partial charge in [-0.05, 0) is 12.1 Å². The molecule has 0 fully saturated rings. The number of nitro benzene ring substituents is 4. The van der Waals surface area contributed by atoms with Crippen LogP contribution in [0.2, 0.25) is 0 Å². The van der Waals surface area contributed by atoms with Crippen LogP contribution in [0.4, 0.5) is 22.7 Å². The molecule has 0 saturated carbocycles. The summed E-state index contributed by atoms with van der Waals surface area (Å²) in [5, 5.41) is 45.7. The van der Waals surface area contributed by atoms with Gasteiger partial charge in [-0.3, -0.25) is 45.4 Å². The molecule has 1 heterocycles. The summed E-state index contributed by atoms with van der Waals surface area (Å²) in [5.74, 6) is -1.11. The average Bonchev–Trinajstić information content (AvgIpc) is 2.73. The van der Waals surface area contributed by atoms with Crippen LogP contribution >= 0.6 is 0 Å². The van der Waals surface area contributed by atoms with E-state index in [2.05, 4.69) is 6.08 Å². The van der Waals surface area contributed by atoms with Crippen molar-refractivity contribution in [3.8, 4) is 0 Å². The van der Waals surface area contributed by atoms with Crippen LogP contribution in [0.1, 0.15) is 17.0 Å². The number of likely N-dealkylation sites (N-methyl/N-ethyl adjacent to an activating group) is 1. The van der Waals surface area contributed by atoms with Gasteiger partial charge >= 0.3 is 0 Å². The molecule has 13 nitrogen and oxygen atoms in total. The lowest BCUT2D eigenvalue weighted by Crippen LogP contribution is -2.22. The van der Waals surface area contributed by atoms with Gasteiger partial charge in [0.2, 0.25) is 0 Å². The standard InChI is InChI=1S/C19H14N5O8/c1-20-8-2-3-12(11-20)19(15-6-4-13(21(25)26)9-17(15)23(29)30)16-7-5-14(22(27)28)10-18(16)24(31)32/h2,4-10,19H,11H2,1H3/q+1. The second kappa shape index (κ2) is 8.53. The van der Waals surface area contributed by atoms with Crippen molar-refractivity contribution in [1.29, 1.82) is 0 Å². The normalized spacial score (nSPS) is 12.8. The van der Waals surface area contributed by atoms with E-state index in [1.54, 1.807) is 18.1 Å². The summed E-state index contributed by atoms with van der Waals surface area (Å²) >= 11 is 0. The Bertz CT molecular complexity index is 1130. The highest BCUT2D eigenvalue weighted by atomic mass is 16.6. The second-order valence-corrected chi connectivity index (χ2v) is 6.85. The van der Waals surface area contributed by atoms with E-state index < -0.39 is 48.4 Å². The van der Waals surface area contributed by atoms with E-state index >= 15 is 0 Å². The topological polar surface area (TPSA) is 176 Å². The van der Waals surface area contributed by atoms with Crippen molar-refractivity contribution in [3.63, 3.8) is 0 Å². The minimum absolute atomic E-state index is 0.0382. The maximum absolute atomic E-state index is 11.7. The summed E-state index contributed by atoms with van der Waals surface area (Å²) in [6, 6.07) is 6.02. The largest absolute Gasteiger partial charge is 0.300 e. The lowest BCUT2D eigenvalue weighted by Gasteiger charge is -2.21. The third-order valence-corrected chi connectivity index (χ3v) is 4.83. The minimum Gasteiger partial charge on any atom is -0.300 e. The van der Waals surface area contributed by atoms with Crippen LogP contribution in [-0.2, 0) is 0 Å². The molecule has 2 aromatic rings. The summed E-state index contributed by atoms with van der Waals surface area (Å²) < 4.78 is 0. The third kappa shape index (κ3) is 4.22. The highest BCUT2D eigenvalue weighted by molar-refractivity contribution is 5.61. The van der Waals surface area contributed by atoms with Crippen molar-refractivity contribution in [2.45, 2.75) is 5.92 Å². The molecule has 2 aromatic carbocycles. The minimum atomic E-state index is -1.11. The fourth-order valence-electron chi connectivity index (χ4n) is 3.45. The van der Waals surface area contributed by atoms with Gasteiger partial charge in [0, 0.05) is 30.3 Å². The van der Waals surface area contributed by atoms with Gasteiger partial charge in [0.05, 0.1) is 44.3 Å². The Morgan fingerprint density at radius 1 is 0.812 bits per heavy atom. The Balaban J connectivity index is 2.33. The molecule has 32 heavy (non-hydrogen) atoms. The maximum atomic E-state index is 11.7. The molecule has 0 aliphatic carbocycles. The number of hydrogen-bond acceptors (Lipinski definition) is 9. The molecule has 0 bridgehead atoms. The smallest absolute Gasteiger partial charge is 0.280 e. The van der Waals surface area contributed by atoms with Crippen molar-refractivity contribution in [1.82, 2.24) is 4.90 Å². The summed E-state index contributed by atoms with van der Waals surface area (Å²) in [6.45, 7) is 0.198. The maximum Gasteiger partial charge on any atom is 0.280 e. The zero-order chi connectivity index (χ0) is 23.6. The Labute approximate surface area is 179 Å². The van der Waals surface area contributed by atoms with Crippen molar-refractivity contribution >= 4 is 22.7 Å². The highest BCUT2D eigenvalue weighted by Gasteiger charge is 2.37. The summed E-state index contributed by atoms with van der Waals surface area (Å²) in [4.78, 5) is 44.2. The van der Waals surface area contributed by atoms with Crippen LogP contribution in [0.5, 0.6) is 0 Å². The molecule has 0 radical (unpaired) electrons. The molecule has 0 unspecified atom stereocenters. The Morgan fingerprint density at radius 2 is 1.28 bits per heavy atom. The lowest BCUT2D eigenvalue weighted by atomic mass is 9.82. The average molecular weight is 440 g/mol. The molecule has 0 amide bonds. The number of rotatable bonds is 7. The van der Waals surface area contributed by atoms with E-state index in [-0.39, 0.29) is 17.7 Å². The molecule has 1 aliphatic rings. The van der Waals surface area contributed by atoms with Gasteiger partial charge in [-0.2, -0.15) is 0 Å². The monoisotopic (exact) mass is 440 g/mol. The van der Waals surface area contributed by atoms with E-state index in [9.17, 15) is 40.5 Å². The first-order valence-corrected chi connectivity index (χ1v) is 8.94. The van der Waals surface area contributed by atoms with E-state index in [4.69, 9.17) is 0 Å². The quantitative estimate of drug-likeness (QED) is 0.353. The first kappa shape index (κ1) is 21.9. The van der Waals surface area contributed by atoms with E-state index in [0.29, 0.717) is 5.57 Å². The molecule has 162 valence electrons. The number of hydrogen-bond donors (Lipinski definition) is 0. The first-order chi connectivity index (χ1) is 15.1. The van der Waals surface area contributed by atoms with Gasteiger partial charge in [0.25, 0.3) is 22.7 Å². The van der Waals surface area contributed by atoms with Gasteiger partial charge in [0.1, 0.15) is 17.8 Å². The number of nitro groups is 4. The molecule has 0 N–H and O–H groups in total. The van der Waals surface area contributed by atoms with Crippen LogP contribution in [0.25, 0.3) is 0 Å². The zero-order valence-electron chi connectivity index (χ0n) is 16.4. The van der Waals surface area contributed by atoms with Gasteiger partial charge in [-0.1, -0.05) is 0 Å². The summed E-state index contributed by atoms with van der Waals surface area (Å²) in [5.41, 5.74) is -1.92. The molecule has 1 aliphatic heterocycles. The summed E-state index contributed by atoms with van der Waals surface area (Å²) in [7, 11) is 1.71. The number of benzene rings is 2. The van der Waals surface area contributed by atoms with E-state index in [1.807, 2.05) is 0 Å². The molecule has 3 rings (SSSR count). The van der Waals surface area contributed by atoms with Crippen molar-refractivity contribution in [2.75, 3.05) is 13.6 Å². The van der Waals surface area contributed by atoms with Gasteiger partial charge < -0.3 is 0 Å². The van der Waals surface area contributed by atoms with Crippen molar-refractivity contribution < 1.29 is 19.7 Å². The lowest BCUT2D eigenvalue weighted by molar-refractivity contribution is -0.395. The van der Waals surface area contributed by atoms with Crippen molar-refractivity contribution in [3.05, 3.63) is 112 Å². The second-order valence-electron chi connectivity index (χ2n) is 6.85. The SMILES string of the molecule is CN1C=C[C+]=C(C(c2ccc([N+](=O)[O-])cc2[N+](=O)[O-])c2ccc([N+](=O)[O-])cc2[N+](=O)[O-])C1. The molecular formula is C19H14N5O8+. The van der Waals surface area contributed by atoms with Crippen molar-refractivity contribution in [2.24, 2.45) is 0 Å². The zero-order valence-corrected chi connectivity index (χ0v) is 16.4. The third-order valence-electron chi connectivity index (χ3n) is 4.83. The fourth-order valence-corrected chi connectivity index (χ4v) is 3.45. The van der Waals surface area contributed by atoms with Crippen LogP contribution in [0, 0.1) is 46.5 Å². The molecule has 0 saturated heterocycles. The fraction of sp³-hybridized carbons (Fsp3) is 0.158. The molecule has 0 atom stereocenters. The van der Waals surface area contributed by atoms with Crippen LogP contribution in [-0.4, -0.2) is 38.2 Å². The molecule has 0 spiro atoms. The number of nitrogens with zero attached hydrogens (tertiary/aromatic N) is 5. The van der Waals surface area contributed by atoms with Gasteiger partial charge in [0.15, 0.2) is 6.08 Å². The van der Waals surface area contributed by atoms with Gasteiger partial charge in [-0.25, -0.2) is 0 Å². The van der Waals surface area contributed by atoms with Crippen LogP contribution in [0.15, 0.2) is 54.2 Å². The molecular weight excluding hydrogens is 426 g/mol. The van der Waals surface area contributed by atoms with Gasteiger partial charge in [-0.15, -0.1) is 0 Å². The number of allylic oxidation sites excluding steroid dienone is 2. The Morgan fingerprint density at radius 3 is 1.66 bits per heavy atom. The van der Waals surface area contributed by atoms with Crippen LogP contribution < -0.4 is 0 Å². The predicted molar refractivity (Wildman–Crippen MR) is 110 cm³/mol. The molecule has 13 heteroatoms. The van der Waals surface area contributed by atoms with E-state index in [1.165, 1.54) is 18.2 Å². The summed E-state index contributed by atoms with van der Waals surface area (Å²) in [6.07, 6.45) is 6.14. The van der Waals surface area contributed by atoms with Crippen LogP contribution in [0.3, 0.4) is 0 Å². The molecule has 0 aromatic heterocycles. The Kier molecular flexibility index (Phi) is 5.85. The highest BCUT2D eigenvalue weighted by Crippen LogP contribution is 2.43. The Hall–Kier alpha value is -4.77. The number of non-ortho nitro benzene ring substituents is 2. The van der Waals surface area contributed by atoms with E-state index in [0.717, 1.165) is 24.3 Å².